The summed E-state index contributed by atoms with van der Waals surface area (Å²) in [6, 6.07) is 3.44. The van der Waals surface area contributed by atoms with Gasteiger partial charge in [-0.1, -0.05) is 0 Å². The second kappa shape index (κ2) is 17.8. The molecule has 0 fully saturated rings. The molecule has 0 aliphatic carbocycles. The first-order chi connectivity index (χ1) is 10.1. The molecule has 0 saturated carbocycles. The zero-order chi connectivity index (χ0) is 18.1. The molecule has 0 bridgehead atoms. The Morgan fingerprint density at radius 2 is 1.18 bits per heavy atom. The number of hydrogen-bond acceptors (Lipinski definition) is 7. The van der Waals surface area contributed by atoms with Gasteiger partial charge < -0.3 is 0 Å². The maximum absolute atomic E-state index is 10.9. The molecule has 0 heterocycles. The van der Waals surface area contributed by atoms with Crippen molar-refractivity contribution in [3.63, 3.8) is 0 Å². The van der Waals surface area contributed by atoms with Gasteiger partial charge in [0.2, 0.25) is 0 Å². The Morgan fingerprint density at radius 1 is 0.909 bits per heavy atom. The van der Waals surface area contributed by atoms with E-state index in [1.807, 2.05) is 27.7 Å². The van der Waals surface area contributed by atoms with Crippen LogP contribution in [-0.4, -0.2) is 23.8 Å². The molecule has 0 aromatic rings. The summed E-state index contributed by atoms with van der Waals surface area (Å²) in [7, 11) is 0. The van der Waals surface area contributed by atoms with Crippen molar-refractivity contribution >= 4 is 11.6 Å². The Hall–Kier alpha value is -1.25. The van der Waals surface area contributed by atoms with Gasteiger partial charge in [0.05, 0.1) is 25.0 Å². The van der Waals surface area contributed by atoms with Gasteiger partial charge in [0.25, 0.3) is 0 Å². The summed E-state index contributed by atoms with van der Waals surface area (Å²) in [6.07, 6.45) is 0.0949. The number of carbonyl (C=O) groups is 2. The predicted molar refractivity (Wildman–Crippen MR) is 75.0 cm³/mol. The average molecular weight is 348 g/mol. The summed E-state index contributed by atoms with van der Waals surface area (Å²) in [5.41, 5.74) is 0. The number of nitrogens with zero attached hydrogens (tertiary/aromatic N) is 2. The molecule has 22 heavy (non-hydrogen) atoms. The molecule has 0 rings (SSSR count). The number of ketones is 2. The van der Waals surface area contributed by atoms with Crippen molar-refractivity contribution in [3.8, 4) is 12.1 Å². The molecule has 0 aliphatic rings. The second-order valence-electron chi connectivity index (χ2n) is 4.66. The van der Waals surface area contributed by atoms with E-state index in [1.165, 1.54) is 13.8 Å². The molecule has 0 N–H and O–H groups in total. The normalized spacial score (nSPS) is 8.64. The fourth-order valence-corrected chi connectivity index (χ4v) is 1.92. The summed E-state index contributed by atoms with van der Waals surface area (Å²) in [4.78, 5) is 19.6. The standard InChI is InChI=1S/2C4H5NO.2C3H7O.O.Ti/c2*1-4(6)2-3-5;2*1-3(2)4;;/h2*2H2,1H3;2*3H,1-2H3;;/q;;2*-1;;+2. The molecule has 0 amide bonds. The Morgan fingerprint density at radius 3 is 1.27 bits per heavy atom. The van der Waals surface area contributed by atoms with E-state index in [-0.39, 0.29) is 36.6 Å². The minimum atomic E-state index is -2.81. The Labute approximate surface area is 139 Å². The molecule has 0 saturated heterocycles. The third-order valence-corrected chi connectivity index (χ3v) is 3.39. The fraction of sp³-hybridized carbons (Fsp3) is 0.714. The quantitative estimate of drug-likeness (QED) is 0.677. The van der Waals surface area contributed by atoms with E-state index in [0.717, 1.165) is 0 Å². The van der Waals surface area contributed by atoms with Gasteiger partial charge in [0, 0.05) is 0 Å². The van der Waals surface area contributed by atoms with Gasteiger partial charge in [-0.15, -0.1) is 0 Å². The SMILES string of the molecule is CC(=O)CC#N.CC(=O)CC#N.CC(C)[O][Ti](=[O])[O]C(C)C. The molecule has 0 aromatic heterocycles. The number of hydrogen-bond donors (Lipinski definition) is 0. The van der Waals surface area contributed by atoms with Gasteiger partial charge in [-0.25, -0.2) is 0 Å². The summed E-state index contributed by atoms with van der Waals surface area (Å²) in [5.74, 6) is -0.144. The van der Waals surface area contributed by atoms with Crippen LogP contribution in [0.25, 0.3) is 0 Å². The van der Waals surface area contributed by atoms with E-state index in [1.54, 1.807) is 12.1 Å². The van der Waals surface area contributed by atoms with Crippen molar-refractivity contribution in [2.75, 3.05) is 0 Å². The van der Waals surface area contributed by atoms with Gasteiger partial charge in [-0.3, -0.25) is 9.59 Å². The van der Waals surface area contributed by atoms with E-state index < -0.39 is 18.6 Å². The monoisotopic (exact) mass is 348 g/mol. The first-order valence-electron chi connectivity index (χ1n) is 6.66. The van der Waals surface area contributed by atoms with Crippen molar-refractivity contribution in [2.24, 2.45) is 0 Å². The number of carbonyl (C=O) groups excluding carboxylic acids is 2. The van der Waals surface area contributed by atoms with E-state index in [9.17, 15) is 12.9 Å². The van der Waals surface area contributed by atoms with Crippen LogP contribution in [-0.2, 0) is 38.2 Å². The average Bonchev–Trinajstić information content (AvgIpc) is 2.27. The van der Waals surface area contributed by atoms with Crippen LogP contribution >= 0.6 is 0 Å². The van der Waals surface area contributed by atoms with Crippen LogP contribution in [0, 0.1) is 22.7 Å². The number of rotatable bonds is 6. The van der Waals surface area contributed by atoms with Crippen molar-refractivity contribution in [1.82, 2.24) is 0 Å². The van der Waals surface area contributed by atoms with Crippen molar-refractivity contribution < 1.29 is 38.2 Å². The maximum atomic E-state index is 10.9. The van der Waals surface area contributed by atoms with Crippen LogP contribution in [0.1, 0.15) is 54.4 Å². The third-order valence-electron chi connectivity index (χ3n) is 1.32. The van der Waals surface area contributed by atoms with Crippen molar-refractivity contribution in [2.45, 2.75) is 66.6 Å². The first kappa shape index (κ1) is 25.7. The van der Waals surface area contributed by atoms with Crippen LogP contribution in [0.3, 0.4) is 0 Å². The molecular formula is C14H24N2O5Ti. The molecule has 0 radical (unpaired) electrons. The third kappa shape index (κ3) is 36.3. The summed E-state index contributed by atoms with van der Waals surface area (Å²) in [5, 5.41) is 15.5. The number of Topliss-reactive ketones (excluding diaryl/α,β-unsaturated/α-hetero) is 2. The molecule has 0 spiro atoms. The zero-order valence-corrected chi connectivity index (χ0v) is 15.6. The van der Waals surface area contributed by atoms with E-state index in [4.69, 9.17) is 17.2 Å². The Kier molecular flexibility index (Phi) is 20.8. The Bertz CT molecular complexity index is 384. The van der Waals surface area contributed by atoms with Gasteiger partial charge in [-0.2, -0.15) is 10.5 Å². The van der Waals surface area contributed by atoms with E-state index in [0.29, 0.717) is 0 Å². The van der Waals surface area contributed by atoms with Gasteiger partial charge in [-0.05, 0) is 13.8 Å². The molecule has 7 nitrogen and oxygen atoms in total. The fourth-order valence-electron chi connectivity index (χ4n) is 0.635. The number of nitriles is 2. The van der Waals surface area contributed by atoms with E-state index >= 15 is 0 Å². The van der Waals surface area contributed by atoms with E-state index in [2.05, 4.69) is 0 Å². The Balaban J connectivity index is -0.000000261. The molecular weight excluding hydrogens is 324 g/mol. The second-order valence-corrected chi connectivity index (χ2v) is 6.17. The first-order valence-corrected chi connectivity index (χ1v) is 8.58. The van der Waals surface area contributed by atoms with Gasteiger partial charge in [0.15, 0.2) is 0 Å². The summed E-state index contributed by atoms with van der Waals surface area (Å²) in [6.45, 7) is 10.2. The molecule has 8 heteroatoms. The van der Waals surface area contributed by atoms with Crippen molar-refractivity contribution in [1.29, 1.82) is 10.5 Å². The minimum absolute atomic E-state index is 0.00579. The van der Waals surface area contributed by atoms with Crippen LogP contribution in [0.15, 0.2) is 0 Å². The molecule has 0 aromatic carbocycles. The predicted octanol–water partition coefficient (Wildman–Crippen LogP) is 2.61. The molecule has 0 aliphatic heterocycles. The van der Waals surface area contributed by atoms with Gasteiger partial charge >= 0.3 is 68.5 Å². The topological polar surface area (TPSA) is 117 Å². The molecule has 0 atom stereocenters. The summed E-state index contributed by atoms with van der Waals surface area (Å²) >= 11 is -2.81. The summed E-state index contributed by atoms with van der Waals surface area (Å²) < 4.78 is 20.8. The van der Waals surface area contributed by atoms with Gasteiger partial charge in [0.1, 0.15) is 11.6 Å². The van der Waals surface area contributed by atoms with Crippen molar-refractivity contribution in [3.05, 3.63) is 0 Å². The molecule has 0 unspecified atom stereocenters. The van der Waals surface area contributed by atoms with Crippen LogP contribution < -0.4 is 0 Å². The van der Waals surface area contributed by atoms with Crippen LogP contribution in [0.4, 0.5) is 0 Å². The van der Waals surface area contributed by atoms with Crippen LogP contribution in [0.2, 0.25) is 0 Å². The zero-order valence-electron chi connectivity index (χ0n) is 14.0. The molecule has 124 valence electrons. The van der Waals surface area contributed by atoms with Crippen LogP contribution in [0.5, 0.6) is 0 Å².